The fraction of sp³-hybridized carbons (Fsp3) is 0.316. The van der Waals surface area contributed by atoms with Crippen LogP contribution in [0.15, 0.2) is 58.4 Å². The van der Waals surface area contributed by atoms with Crippen molar-refractivity contribution < 1.29 is 12.8 Å². The van der Waals surface area contributed by atoms with Crippen LogP contribution in [0.2, 0.25) is 0 Å². The van der Waals surface area contributed by atoms with Gasteiger partial charge in [-0.25, -0.2) is 12.8 Å². The van der Waals surface area contributed by atoms with E-state index in [9.17, 15) is 12.8 Å². The summed E-state index contributed by atoms with van der Waals surface area (Å²) in [6.45, 7) is 2.83. The first-order chi connectivity index (χ1) is 12.3. The van der Waals surface area contributed by atoms with Gasteiger partial charge in [0.2, 0.25) is 0 Å². The maximum atomic E-state index is 13.7. The molecule has 0 fully saturated rings. The smallest absolute Gasteiger partial charge is 0.193 e. The van der Waals surface area contributed by atoms with E-state index in [0.29, 0.717) is 12.5 Å². The molecule has 0 spiro atoms. The molecule has 26 heavy (non-hydrogen) atoms. The highest BCUT2D eigenvalue weighted by Gasteiger charge is 2.19. The molecule has 0 atom stereocenters. The third kappa shape index (κ3) is 5.05. The van der Waals surface area contributed by atoms with Gasteiger partial charge in [-0.2, -0.15) is 0 Å². The average molecular weight is 377 g/mol. The molecular formula is C19H24FN3O2S. The number of hydrogen-bond acceptors (Lipinski definition) is 3. The van der Waals surface area contributed by atoms with Crippen LogP contribution in [0.1, 0.15) is 11.1 Å². The number of guanidine groups is 1. The second kappa shape index (κ2) is 8.80. The SMILES string of the molecule is CN=C(NCCS(=O)(=O)c1ccccc1F)N(C)Cc1ccccc1C. The molecule has 0 unspecified atom stereocenters. The quantitative estimate of drug-likeness (QED) is 0.621. The van der Waals surface area contributed by atoms with Crippen LogP contribution < -0.4 is 5.32 Å². The molecule has 1 N–H and O–H groups in total. The first-order valence-corrected chi connectivity index (χ1v) is 9.94. The zero-order valence-electron chi connectivity index (χ0n) is 15.2. The summed E-state index contributed by atoms with van der Waals surface area (Å²) in [7, 11) is -0.174. The van der Waals surface area contributed by atoms with E-state index in [2.05, 4.69) is 10.3 Å². The number of aryl methyl sites for hydroxylation is 1. The minimum atomic E-state index is -3.70. The van der Waals surface area contributed by atoms with E-state index in [4.69, 9.17) is 0 Å². The molecule has 0 radical (unpaired) electrons. The Morgan fingerprint density at radius 1 is 1.15 bits per heavy atom. The van der Waals surface area contributed by atoms with Gasteiger partial charge in [0.1, 0.15) is 10.7 Å². The highest BCUT2D eigenvalue weighted by molar-refractivity contribution is 7.91. The van der Waals surface area contributed by atoms with Gasteiger partial charge in [-0.05, 0) is 30.2 Å². The van der Waals surface area contributed by atoms with Crippen molar-refractivity contribution in [2.75, 3.05) is 26.4 Å². The highest BCUT2D eigenvalue weighted by atomic mass is 32.2. The Hall–Kier alpha value is -2.41. The van der Waals surface area contributed by atoms with E-state index in [-0.39, 0.29) is 17.2 Å². The molecule has 140 valence electrons. The highest BCUT2D eigenvalue weighted by Crippen LogP contribution is 2.15. The van der Waals surface area contributed by atoms with E-state index >= 15 is 0 Å². The van der Waals surface area contributed by atoms with Crippen molar-refractivity contribution in [3.63, 3.8) is 0 Å². The van der Waals surface area contributed by atoms with Crippen LogP contribution >= 0.6 is 0 Å². The lowest BCUT2D eigenvalue weighted by Crippen LogP contribution is -2.40. The Morgan fingerprint density at radius 2 is 1.81 bits per heavy atom. The number of halogens is 1. The molecule has 5 nitrogen and oxygen atoms in total. The van der Waals surface area contributed by atoms with E-state index in [1.165, 1.54) is 23.8 Å². The van der Waals surface area contributed by atoms with Crippen molar-refractivity contribution >= 4 is 15.8 Å². The van der Waals surface area contributed by atoms with Crippen LogP contribution in [0.25, 0.3) is 0 Å². The van der Waals surface area contributed by atoms with E-state index in [1.54, 1.807) is 7.05 Å². The number of sulfone groups is 1. The van der Waals surface area contributed by atoms with Crippen molar-refractivity contribution in [2.45, 2.75) is 18.4 Å². The van der Waals surface area contributed by atoms with Crippen LogP contribution in [0.4, 0.5) is 4.39 Å². The fourth-order valence-electron chi connectivity index (χ4n) is 2.61. The van der Waals surface area contributed by atoms with Crippen LogP contribution in [-0.2, 0) is 16.4 Å². The first-order valence-electron chi connectivity index (χ1n) is 8.28. The molecule has 0 saturated carbocycles. The zero-order chi connectivity index (χ0) is 19.2. The van der Waals surface area contributed by atoms with Crippen LogP contribution in [-0.4, -0.2) is 45.7 Å². The second-order valence-corrected chi connectivity index (χ2v) is 8.08. The Balaban J connectivity index is 1.97. The summed E-state index contributed by atoms with van der Waals surface area (Å²) in [6.07, 6.45) is 0. The summed E-state index contributed by atoms with van der Waals surface area (Å²) < 4.78 is 38.3. The van der Waals surface area contributed by atoms with Gasteiger partial charge in [0.05, 0.1) is 5.75 Å². The monoisotopic (exact) mass is 377 g/mol. The number of nitrogens with zero attached hydrogens (tertiary/aromatic N) is 2. The molecule has 2 aromatic carbocycles. The first kappa shape index (κ1) is 19.9. The molecule has 0 bridgehead atoms. The number of hydrogen-bond donors (Lipinski definition) is 1. The van der Waals surface area contributed by atoms with E-state index in [0.717, 1.165) is 11.6 Å². The summed E-state index contributed by atoms with van der Waals surface area (Å²) in [5.41, 5.74) is 2.34. The largest absolute Gasteiger partial charge is 0.355 e. The minimum Gasteiger partial charge on any atom is -0.355 e. The average Bonchev–Trinajstić information content (AvgIpc) is 2.61. The number of nitrogens with one attached hydrogen (secondary N) is 1. The summed E-state index contributed by atoms with van der Waals surface area (Å²) >= 11 is 0. The topological polar surface area (TPSA) is 61.8 Å². The van der Waals surface area contributed by atoms with Crippen molar-refractivity contribution in [3.05, 3.63) is 65.5 Å². The van der Waals surface area contributed by atoms with E-state index in [1.807, 2.05) is 43.1 Å². The molecule has 0 aliphatic carbocycles. The van der Waals surface area contributed by atoms with Crippen molar-refractivity contribution in [3.8, 4) is 0 Å². The van der Waals surface area contributed by atoms with Crippen LogP contribution in [0, 0.1) is 12.7 Å². The predicted octanol–water partition coefficient (Wildman–Crippen LogP) is 2.62. The van der Waals surface area contributed by atoms with Gasteiger partial charge >= 0.3 is 0 Å². The lowest BCUT2D eigenvalue weighted by molar-refractivity contribution is 0.477. The molecule has 0 aliphatic rings. The molecule has 2 aromatic rings. The Kier molecular flexibility index (Phi) is 6.74. The number of benzene rings is 2. The molecule has 0 amide bonds. The van der Waals surface area contributed by atoms with Crippen LogP contribution in [0.3, 0.4) is 0 Å². The third-order valence-electron chi connectivity index (χ3n) is 4.07. The maximum absolute atomic E-state index is 13.7. The van der Waals surface area contributed by atoms with E-state index < -0.39 is 15.7 Å². The second-order valence-electron chi connectivity index (χ2n) is 6.01. The molecule has 7 heteroatoms. The summed E-state index contributed by atoms with van der Waals surface area (Å²) in [6, 6.07) is 13.5. The minimum absolute atomic E-state index is 0.140. The lowest BCUT2D eigenvalue weighted by Gasteiger charge is -2.23. The lowest BCUT2D eigenvalue weighted by atomic mass is 10.1. The molecule has 0 aliphatic heterocycles. The summed E-state index contributed by atoms with van der Waals surface area (Å²) in [4.78, 5) is 5.83. The van der Waals surface area contributed by atoms with Gasteiger partial charge in [-0.15, -0.1) is 0 Å². The molecular weight excluding hydrogens is 353 g/mol. The van der Waals surface area contributed by atoms with Gasteiger partial charge in [0.15, 0.2) is 15.8 Å². The van der Waals surface area contributed by atoms with Gasteiger partial charge in [0.25, 0.3) is 0 Å². The van der Waals surface area contributed by atoms with Gasteiger partial charge < -0.3 is 10.2 Å². The van der Waals surface area contributed by atoms with Crippen LogP contribution in [0.5, 0.6) is 0 Å². The van der Waals surface area contributed by atoms with Crippen molar-refractivity contribution in [1.82, 2.24) is 10.2 Å². The summed E-state index contributed by atoms with van der Waals surface area (Å²) in [5, 5.41) is 3.03. The third-order valence-corrected chi connectivity index (χ3v) is 5.81. The Bertz CT molecular complexity index is 882. The maximum Gasteiger partial charge on any atom is 0.193 e. The van der Waals surface area contributed by atoms with Gasteiger partial charge in [-0.1, -0.05) is 36.4 Å². The number of rotatable bonds is 6. The standard InChI is InChI=1S/C19H24FN3O2S/c1-15-8-4-5-9-16(15)14-23(3)19(21-2)22-12-13-26(24,25)18-11-7-6-10-17(18)20/h4-11H,12-14H2,1-3H3,(H,21,22). The molecule has 0 heterocycles. The molecule has 0 aromatic heterocycles. The van der Waals surface area contributed by atoms with Crippen molar-refractivity contribution in [2.24, 2.45) is 4.99 Å². The normalized spacial score (nSPS) is 12.1. The summed E-state index contributed by atoms with van der Waals surface area (Å²) in [5.74, 6) is -0.365. The Labute approximate surface area is 154 Å². The van der Waals surface area contributed by atoms with Gasteiger partial charge in [0, 0.05) is 27.2 Å². The Morgan fingerprint density at radius 3 is 2.46 bits per heavy atom. The predicted molar refractivity (Wildman–Crippen MR) is 102 cm³/mol. The molecule has 0 saturated heterocycles. The van der Waals surface area contributed by atoms with Gasteiger partial charge in [-0.3, -0.25) is 4.99 Å². The molecule has 2 rings (SSSR count). The zero-order valence-corrected chi connectivity index (χ0v) is 16.1. The number of aliphatic imine (C=N–C) groups is 1. The fourth-order valence-corrected chi connectivity index (χ4v) is 3.85. The van der Waals surface area contributed by atoms with Crippen molar-refractivity contribution in [1.29, 1.82) is 0 Å².